The lowest BCUT2D eigenvalue weighted by Crippen LogP contribution is -2.38. The molecule has 0 bridgehead atoms. The number of aromatic nitrogens is 1. The summed E-state index contributed by atoms with van der Waals surface area (Å²) in [6, 6.07) is 16.1. The van der Waals surface area contributed by atoms with E-state index >= 15 is 0 Å². The third-order valence-electron chi connectivity index (χ3n) is 6.40. The molecule has 0 fully saturated rings. The molecular formula is C25H32N2. The molecule has 1 aliphatic heterocycles. The maximum absolute atomic E-state index is 2.67. The molecule has 27 heavy (non-hydrogen) atoms. The summed E-state index contributed by atoms with van der Waals surface area (Å²) >= 11 is 0. The minimum Gasteiger partial charge on any atom is -0.344 e. The van der Waals surface area contributed by atoms with Crippen LogP contribution in [0.3, 0.4) is 0 Å². The van der Waals surface area contributed by atoms with Crippen molar-refractivity contribution in [1.29, 1.82) is 0 Å². The molecular weight excluding hydrogens is 328 g/mol. The van der Waals surface area contributed by atoms with E-state index in [2.05, 4.69) is 79.6 Å². The highest BCUT2D eigenvalue weighted by molar-refractivity contribution is 5.91. The summed E-state index contributed by atoms with van der Waals surface area (Å²) in [6.45, 7) is 12.6. The quantitative estimate of drug-likeness (QED) is 0.570. The van der Waals surface area contributed by atoms with Crippen LogP contribution in [0.4, 0.5) is 0 Å². The van der Waals surface area contributed by atoms with Gasteiger partial charge in [0.05, 0.1) is 5.52 Å². The van der Waals surface area contributed by atoms with Crippen LogP contribution in [0, 0.1) is 13.8 Å². The van der Waals surface area contributed by atoms with E-state index in [1.54, 1.807) is 11.3 Å². The van der Waals surface area contributed by atoms with Crippen molar-refractivity contribution in [2.24, 2.45) is 0 Å². The van der Waals surface area contributed by atoms with Gasteiger partial charge in [-0.15, -0.1) is 0 Å². The Hall–Kier alpha value is -2.06. The zero-order valence-electron chi connectivity index (χ0n) is 17.3. The number of fused-ring (bicyclic) bond motifs is 3. The third-order valence-corrected chi connectivity index (χ3v) is 6.40. The van der Waals surface area contributed by atoms with E-state index in [0.29, 0.717) is 6.04 Å². The van der Waals surface area contributed by atoms with Crippen LogP contribution >= 0.6 is 0 Å². The lowest BCUT2D eigenvalue weighted by atomic mass is 9.97. The Morgan fingerprint density at radius 2 is 1.74 bits per heavy atom. The van der Waals surface area contributed by atoms with E-state index in [1.165, 1.54) is 40.4 Å². The summed E-state index contributed by atoms with van der Waals surface area (Å²) in [5.74, 6) is 0. The maximum atomic E-state index is 2.67. The third kappa shape index (κ3) is 3.32. The van der Waals surface area contributed by atoms with Gasteiger partial charge in [-0.3, -0.25) is 4.90 Å². The van der Waals surface area contributed by atoms with Crippen molar-refractivity contribution < 1.29 is 0 Å². The zero-order chi connectivity index (χ0) is 19.0. The molecule has 1 aliphatic rings. The molecule has 0 amide bonds. The first-order valence-electron chi connectivity index (χ1n) is 10.5. The van der Waals surface area contributed by atoms with Crippen molar-refractivity contribution in [2.75, 3.05) is 6.54 Å². The Morgan fingerprint density at radius 3 is 2.48 bits per heavy atom. The van der Waals surface area contributed by atoms with Crippen molar-refractivity contribution in [1.82, 2.24) is 9.47 Å². The van der Waals surface area contributed by atoms with E-state index in [-0.39, 0.29) is 0 Å². The normalized spacial score (nSPS) is 17.4. The first kappa shape index (κ1) is 18.3. The minimum absolute atomic E-state index is 0.625. The van der Waals surface area contributed by atoms with Gasteiger partial charge in [-0.1, -0.05) is 49.4 Å². The van der Waals surface area contributed by atoms with E-state index in [9.17, 15) is 0 Å². The van der Waals surface area contributed by atoms with Gasteiger partial charge in [0.25, 0.3) is 0 Å². The number of likely N-dealkylation sites (N-methyl/N-ethyl adjacent to an activating group) is 1. The molecule has 2 aromatic carbocycles. The summed E-state index contributed by atoms with van der Waals surface area (Å²) in [5.41, 5.74) is 8.96. The number of rotatable bonds is 5. The Bertz CT molecular complexity index is 936. The second-order valence-corrected chi connectivity index (χ2v) is 8.21. The molecule has 142 valence electrons. The fourth-order valence-electron chi connectivity index (χ4n) is 4.89. The van der Waals surface area contributed by atoms with E-state index in [1.807, 2.05) is 0 Å². The largest absolute Gasteiger partial charge is 0.344 e. The number of nitrogens with zero attached hydrogens (tertiary/aromatic N) is 2. The summed E-state index contributed by atoms with van der Waals surface area (Å²) in [5, 5.41) is 1.52. The van der Waals surface area contributed by atoms with Gasteiger partial charge >= 0.3 is 0 Å². The van der Waals surface area contributed by atoms with Gasteiger partial charge < -0.3 is 4.57 Å². The van der Waals surface area contributed by atoms with Crippen LogP contribution < -0.4 is 0 Å². The van der Waals surface area contributed by atoms with Crippen molar-refractivity contribution >= 4 is 10.9 Å². The highest BCUT2D eigenvalue weighted by Gasteiger charge is 2.28. The second-order valence-electron chi connectivity index (χ2n) is 8.21. The van der Waals surface area contributed by atoms with Crippen molar-refractivity contribution in [2.45, 2.75) is 66.1 Å². The van der Waals surface area contributed by atoms with Gasteiger partial charge in [-0.2, -0.15) is 0 Å². The monoisotopic (exact) mass is 360 g/mol. The van der Waals surface area contributed by atoms with Crippen molar-refractivity contribution in [3.05, 3.63) is 70.4 Å². The topological polar surface area (TPSA) is 8.17 Å². The number of hydrogen-bond acceptors (Lipinski definition) is 1. The van der Waals surface area contributed by atoms with Gasteiger partial charge in [-0.05, 0) is 62.4 Å². The molecule has 2 heteroatoms. The Balaban J connectivity index is 1.73. The SMILES string of the molecule is CCN1Cc2c(n(CCCc3ccccc3)c3c(C)ccc(C)c23)CC1C. The number of benzene rings is 2. The lowest BCUT2D eigenvalue weighted by molar-refractivity contribution is 0.192. The first-order valence-corrected chi connectivity index (χ1v) is 10.5. The molecule has 0 radical (unpaired) electrons. The molecule has 1 atom stereocenters. The molecule has 2 nitrogen and oxygen atoms in total. The van der Waals surface area contributed by atoms with Crippen LogP contribution in [0.25, 0.3) is 10.9 Å². The van der Waals surface area contributed by atoms with Crippen molar-refractivity contribution in [3.8, 4) is 0 Å². The van der Waals surface area contributed by atoms with Gasteiger partial charge in [-0.25, -0.2) is 0 Å². The van der Waals surface area contributed by atoms with Crippen LogP contribution in [-0.4, -0.2) is 22.1 Å². The van der Waals surface area contributed by atoms with Crippen LogP contribution in [0.2, 0.25) is 0 Å². The van der Waals surface area contributed by atoms with Crippen LogP contribution in [-0.2, 0) is 25.9 Å². The smallest absolute Gasteiger partial charge is 0.0518 e. The molecule has 4 rings (SSSR count). The molecule has 2 heterocycles. The summed E-state index contributed by atoms with van der Waals surface area (Å²) < 4.78 is 2.67. The Morgan fingerprint density at radius 1 is 1.00 bits per heavy atom. The number of aryl methyl sites for hydroxylation is 4. The van der Waals surface area contributed by atoms with Crippen LogP contribution in [0.1, 0.15) is 48.2 Å². The average Bonchev–Trinajstić information content (AvgIpc) is 2.99. The van der Waals surface area contributed by atoms with Gasteiger partial charge in [0.2, 0.25) is 0 Å². The van der Waals surface area contributed by atoms with Crippen LogP contribution in [0.5, 0.6) is 0 Å². The molecule has 1 aromatic heterocycles. The van der Waals surface area contributed by atoms with E-state index in [0.717, 1.165) is 26.1 Å². The highest BCUT2D eigenvalue weighted by Crippen LogP contribution is 2.36. The fourth-order valence-corrected chi connectivity index (χ4v) is 4.89. The average molecular weight is 361 g/mol. The summed E-state index contributed by atoms with van der Waals surface area (Å²) in [7, 11) is 0. The summed E-state index contributed by atoms with van der Waals surface area (Å²) in [6.07, 6.45) is 3.51. The molecule has 0 saturated heterocycles. The highest BCUT2D eigenvalue weighted by atomic mass is 15.2. The Kier molecular flexibility index (Phi) is 5.10. The molecule has 0 N–H and O–H groups in total. The van der Waals surface area contributed by atoms with Gasteiger partial charge in [0.15, 0.2) is 0 Å². The fraction of sp³-hybridized carbons (Fsp3) is 0.440. The maximum Gasteiger partial charge on any atom is 0.0518 e. The summed E-state index contributed by atoms with van der Waals surface area (Å²) in [4.78, 5) is 2.62. The predicted octanol–water partition coefficient (Wildman–Crippen LogP) is 5.66. The number of hydrogen-bond donors (Lipinski definition) is 0. The minimum atomic E-state index is 0.625. The second kappa shape index (κ2) is 7.52. The van der Waals surface area contributed by atoms with Crippen molar-refractivity contribution in [3.63, 3.8) is 0 Å². The molecule has 0 aliphatic carbocycles. The van der Waals surface area contributed by atoms with E-state index in [4.69, 9.17) is 0 Å². The molecule has 1 unspecified atom stereocenters. The lowest BCUT2D eigenvalue weighted by Gasteiger charge is -2.33. The molecule has 0 spiro atoms. The zero-order valence-corrected chi connectivity index (χ0v) is 17.3. The van der Waals surface area contributed by atoms with Gasteiger partial charge in [0.1, 0.15) is 0 Å². The molecule has 0 saturated carbocycles. The van der Waals surface area contributed by atoms with Gasteiger partial charge in [0, 0.05) is 36.6 Å². The Labute approximate surface area is 163 Å². The van der Waals surface area contributed by atoms with Crippen LogP contribution in [0.15, 0.2) is 42.5 Å². The standard InChI is InChI=1S/C25H32N2/c1-5-26-17-22-23(16-20(26)4)27(15-9-12-21-10-7-6-8-11-21)25-19(3)14-13-18(2)24(22)25/h6-8,10-11,13-14,20H,5,9,12,15-17H2,1-4H3. The first-order chi connectivity index (χ1) is 13.1. The van der Waals surface area contributed by atoms with E-state index < -0.39 is 0 Å². The molecule has 3 aromatic rings. The predicted molar refractivity (Wildman–Crippen MR) is 115 cm³/mol.